The predicted octanol–water partition coefficient (Wildman–Crippen LogP) is 2.59. The van der Waals surface area contributed by atoms with E-state index in [1.165, 1.54) is 10.6 Å². The van der Waals surface area contributed by atoms with Gasteiger partial charge >= 0.3 is 0 Å². The molecule has 0 radical (unpaired) electrons. The number of fused-ring (bicyclic) bond motifs is 7. The van der Waals surface area contributed by atoms with Crippen LogP contribution in [0.3, 0.4) is 0 Å². The fraction of sp³-hybridized carbons (Fsp3) is 0.0909. The molecular weight excluding hydrogens is 392 g/mol. The third-order valence-electron chi connectivity index (χ3n) is 5.34. The molecule has 29 heavy (non-hydrogen) atoms. The lowest BCUT2D eigenvalue weighted by Crippen LogP contribution is -2.34. The summed E-state index contributed by atoms with van der Waals surface area (Å²) in [5.41, 5.74) is -1.11. The van der Waals surface area contributed by atoms with E-state index in [0.29, 0.717) is 17.3 Å². The molecular formula is C22H13ClN2O4. The summed E-state index contributed by atoms with van der Waals surface area (Å²) in [4.78, 5) is 52.6. The zero-order valence-electron chi connectivity index (χ0n) is 15.2. The van der Waals surface area contributed by atoms with E-state index in [-0.39, 0.29) is 26.7 Å². The van der Waals surface area contributed by atoms with Gasteiger partial charge in [0.2, 0.25) is 5.43 Å². The van der Waals surface area contributed by atoms with Crippen molar-refractivity contribution in [2.24, 2.45) is 0 Å². The van der Waals surface area contributed by atoms with Crippen molar-refractivity contribution in [1.29, 1.82) is 0 Å². The highest BCUT2D eigenvalue weighted by Gasteiger charge is 2.21. The lowest BCUT2D eigenvalue weighted by molar-refractivity contribution is 0.794. The normalized spacial score (nSPS) is 11.8. The van der Waals surface area contributed by atoms with Gasteiger partial charge in [-0.15, -0.1) is 0 Å². The quantitative estimate of drug-likeness (QED) is 0.318. The maximum Gasteiger partial charge on any atom is 0.278 e. The monoisotopic (exact) mass is 404 g/mol. The second-order valence-corrected chi connectivity index (χ2v) is 7.26. The Morgan fingerprint density at radius 1 is 0.793 bits per heavy atom. The molecule has 0 aliphatic carbocycles. The highest BCUT2D eigenvalue weighted by Crippen LogP contribution is 2.24. The highest BCUT2D eigenvalue weighted by atomic mass is 35.5. The highest BCUT2D eigenvalue weighted by molar-refractivity contribution is 6.31. The van der Waals surface area contributed by atoms with E-state index in [9.17, 15) is 19.2 Å². The maximum absolute atomic E-state index is 13.4. The van der Waals surface area contributed by atoms with Crippen LogP contribution < -0.4 is 22.0 Å². The number of aryl methyl sites for hydroxylation is 1. The van der Waals surface area contributed by atoms with Gasteiger partial charge in [0, 0.05) is 11.5 Å². The van der Waals surface area contributed by atoms with Crippen molar-refractivity contribution in [3.05, 3.63) is 100 Å². The van der Waals surface area contributed by atoms with Crippen LogP contribution in [0.15, 0.2) is 67.7 Å². The molecule has 0 N–H and O–H groups in total. The van der Waals surface area contributed by atoms with Crippen molar-refractivity contribution < 1.29 is 0 Å². The van der Waals surface area contributed by atoms with Crippen LogP contribution in [0.25, 0.3) is 32.6 Å². The molecule has 3 aromatic carbocycles. The topological polar surface area (TPSA) is 77.1 Å². The van der Waals surface area contributed by atoms with Crippen molar-refractivity contribution in [3.63, 3.8) is 0 Å². The van der Waals surface area contributed by atoms with E-state index >= 15 is 0 Å². The van der Waals surface area contributed by atoms with Crippen molar-refractivity contribution in [2.45, 2.75) is 13.3 Å². The van der Waals surface area contributed by atoms with E-state index in [0.717, 1.165) is 16.1 Å². The third kappa shape index (κ3) is 2.17. The fourth-order valence-electron chi connectivity index (χ4n) is 4.06. The van der Waals surface area contributed by atoms with Crippen LogP contribution in [0.1, 0.15) is 12.5 Å². The largest absolute Gasteiger partial charge is 0.289 e. The minimum Gasteiger partial charge on any atom is -0.289 e. The number of benzene rings is 3. The van der Waals surface area contributed by atoms with Gasteiger partial charge in [0.25, 0.3) is 11.1 Å². The van der Waals surface area contributed by atoms with Gasteiger partial charge in [-0.2, -0.15) is 0 Å². The predicted molar refractivity (Wildman–Crippen MR) is 114 cm³/mol. The Balaban J connectivity index is 2.39. The van der Waals surface area contributed by atoms with Gasteiger partial charge in [-0.25, -0.2) is 9.03 Å². The number of rotatable bonds is 1. The van der Waals surface area contributed by atoms with E-state index in [4.69, 9.17) is 11.6 Å². The zero-order valence-corrected chi connectivity index (χ0v) is 16.0. The molecule has 0 aliphatic rings. The summed E-state index contributed by atoms with van der Waals surface area (Å²) in [6, 6.07) is 12.8. The summed E-state index contributed by atoms with van der Waals surface area (Å²) in [6.07, 6.45) is 0.567. The molecule has 0 atom stereocenters. The Labute approximate surface area is 167 Å². The molecule has 0 fully saturated rings. The molecule has 5 aromatic rings. The summed E-state index contributed by atoms with van der Waals surface area (Å²) in [6.45, 7) is 1.92. The molecule has 5 rings (SSSR count). The van der Waals surface area contributed by atoms with Gasteiger partial charge in [0.05, 0.1) is 26.7 Å². The summed E-state index contributed by atoms with van der Waals surface area (Å²) in [5.74, 6) is 0. The number of nitrogens with zero attached hydrogens (tertiary/aromatic N) is 2. The molecule has 6 nitrogen and oxygen atoms in total. The average Bonchev–Trinajstić information content (AvgIpc) is 2.73. The zero-order chi connectivity index (χ0) is 20.4. The minimum absolute atomic E-state index is 0.0847. The molecule has 0 saturated heterocycles. The van der Waals surface area contributed by atoms with Crippen LogP contribution >= 0.6 is 11.6 Å². The first-order valence-electron chi connectivity index (χ1n) is 9.06. The van der Waals surface area contributed by atoms with Gasteiger partial charge in [0.15, 0.2) is 5.43 Å². The molecule has 2 aromatic heterocycles. The number of aromatic nitrogens is 2. The first kappa shape index (κ1) is 17.6. The smallest absolute Gasteiger partial charge is 0.278 e. The lowest BCUT2D eigenvalue weighted by Gasteiger charge is -2.15. The second-order valence-electron chi connectivity index (χ2n) is 6.86. The van der Waals surface area contributed by atoms with Crippen molar-refractivity contribution in [1.82, 2.24) is 9.03 Å². The number of hydrogen-bond donors (Lipinski definition) is 0. The van der Waals surface area contributed by atoms with E-state index in [1.54, 1.807) is 30.3 Å². The molecule has 0 unspecified atom stereocenters. The second kappa shape index (κ2) is 5.99. The van der Waals surface area contributed by atoms with E-state index in [1.807, 2.05) is 13.0 Å². The van der Waals surface area contributed by atoms with Gasteiger partial charge in [-0.1, -0.05) is 48.9 Å². The van der Waals surface area contributed by atoms with Crippen LogP contribution in [0.4, 0.5) is 0 Å². The first-order chi connectivity index (χ1) is 14.0. The molecule has 0 saturated carbocycles. The van der Waals surface area contributed by atoms with Crippen molar-refractivity contribution in [2.75, 3.05) is 0 Å². The summed E-state index contributed by atoms with van der Waals surface area (Å²) in [7, 11) is 0. The Bertz CT molecular complexity index is 1740. The summed E-state index contributed by atoms with van der Waals surface area (Å²) in [5, 5.41) is 0.647. The van der Waals surface area contributed by atoms with Crippen LogP contribution in [0, 0.1) is 0 Å². The minimum atomic E-state index is -0.667. The van der Waals surface area contributed by atoms with Crippen LogP contribution in [-0.4, -0.2) is 9.03 Å². The lowest BCUT2D eigenvalue weighted by atomic mass is 10.0. The maximum atomic E-state index is 13.4. The molecule has 7 heteroatoms. The Hall–Kier alpha value is -3.51. The molecule has 0 aliphatic heterocycles. The molecule has 0 bridgehead atoms. The summed E-state index contributed by atoms with van der Waals surface area (Å²) < 4.78 is 2.22. The van der Waals surface area contributed by atoms with Gasteiger partial charge < -0.3 is 0 Å². The Morgan fingerprint density at radius 2 is 1.38 bits per heavy atom. The van der Waals surface area contributed by atoms with Crippen LogP contribution in [0.2, 0.25) is 5.02 Å². The van der Waals surface area contributed by atoms with E-state index in [2.05, 4.69) is 0 Å². The van der Waals surface area contributed by atoms with Crippen LogP contribution in [0.5, 0.6) is 0 Å². The fourth-order valence-corrected chi connectivity index (χ4v) is 4.24. The van der Waals surface area contributed by atoms with E-state index < -0.39 is 22.0 Å². The molecule has 142 valence electrons. The molecule has 2 heterocycles. The number of halogens is 1. The Morgan fingerprint density at radius 3 is 2.00 bits per heavy atom. The summed E-state index contributed by atoms with van der Waals surface area (Å²) >= 11 is 6.00. The first-order valence-corrected chi connectivity index (χ1v) is 9.44. The molecule has 0 spiro atoms. The molecule has 0 amide bonds. The standard InChI is InChI=1S/C22H13ClN2O4/c1-2-11-6-5-9-14-17-16(26)10-15(23)20(27)19(17)25-22(29)13-8-4-3-7-12(13)21(28)24(25)18(11)14/h3-10H,2H2,1H3. The number of para-hydroxylation sites is 1. The van der Waals surface area contributed by atoms with Crippen molar-refractivity contribution in [3.8, 4) is 0 Å². The Kier molecular flexibility index (Phi) is 3.63. The van der Waals surface area contributed by atoms with Gasteiger partial charge in [-0.05, 0) is 24.1 Å². The SMILES string of the molecule is CCc1cccc2c3c(=O)cc(Cl)c(=O)c3n3c(=O)c4ccccc4c(=O)n3c12. The van der Waals surface area contributed by atoms with Gasteiger partial charge in [0.1, 0.15) is 5.52 Å². The van der Waals surface area contributed by atoms with Crippen molar-refractivity contribution >= 4 is 44.2 Å². The third-order valence-corrected chi connectivity index (χ3v) is 5.62. The van der Waals surface area contributed by atoms with Crippen LogP contribution in [-0.2, 0) is 6.42 Å². The number of hydrogen-bond acceptors (Lipinski definition) is 4. The average molecular weight is 405 g/mol. The van der Waals surface area contributed by atoms with Gasteiger partial charge in [-0.3, -0.25) is 19.2 Å².